The number of allylic oxidation sites excluding steroid dienone is 12. The zero-order valence-corrected chi connectivity index (χ0v) is 42.1. The van der Waals surface area contributed by atoms with E-state index in [0.717, 1.165) is 89.9 Å². The van der Waals surface area contributed by atoms with Crippen LogP contribution >= 0.6 is 0 Å². The second kappa shape index (κ2) is 51.3. The summed E-state index contributed by atoms with van der Waals surface area (Å²) in [6.07, 6.45) is 65.3. The first-order valence-electron chi connectivity index (χ1n) is 27.2. The molecule has 64 heavy (non-hydrogen) atoms. The van der Waals surface area contributed by atoms with Gasteiger partial charge in [-0.25, -0.2) is 0 Å². The molecule has 0 saturated heterocycles. The van der Waals surface area contributed by atoms with Crippen molar-refractivity contribution in [1.29, 1.82) is 0 Å². The summed E-state index contributed by atoms with van der Waals surface area (Å²) in [6.45, 7) is 6.32. The molecule has 0 heterocycles. The minimum atomic E-state index is -0.802. The molecule has 0 rings (SSSR count). The van der Waals surface area contributed by atoms with Crippen LogP contribution in [0.4, 0.5) is 0 Å². The summed E-state index contributed by atoms with van der Waals surface area (Å²) in [6, 6.07) is -0.718. The van der Waals surface area contributed by atoms with E-state index in [1.807, 2.05) is 24.3 Å². The Morgan fingerprint density at radius 1 is 0.484 bits per heavy atom. The van der Waals surface area contributed by atoms with E-state index in [2.05, 4.69) is 74.7 Å². The van der Waals surface area contributed by atoms with Crippen molar-refractivity contribution in [1.82, 2.24) is 5.32 Å². The molecule has 0 aliphatic rings. The van der Waals surface area contributed by atoms with E-state index in [1.54, 1.807) is 0 Å². The number of carbonyl (C=O) groups is 2. The van der Waals surface area contributed by atoms with Gasteiger partial charge in [-0.15, -0.1) is 0 Å². The molecule has 3 unspecified atom stereocenters. The van der Waals surface area contributed by atoms with Crippen molar-refractivity contribution in [2.24, 2.45) is 0 Å². The number of nitrogens with one attached hydrogen (secondary N) is 1. The third kappa shape index (κ3) is 45.9. The summed E-state index contributed by atoms with van der Waals surface area (Å²) >= 11 is 0. The summed E-state index contributed by atoms with van der Waals surface area (Å²) in [4.78, 5) is 26.2. The van der Waals surface area contributed by atoms with Crippen LogP contribution in [0.3, 0.4) is 0 Å². The maximum absolute atomic E-state index is 13.2. The Balaban J connectivity index is 4.60. The summed E-state index contributed by atoms with van der Waals surface area (Å²) in [5, 5.41) is 23.8. The van der Waals surface area contributed by atoms with Gasteiger partial charge < -0.3 is 20.3 Å². The molecule has 0 saturated carbocycles. The largest absolute Gasteiger partial charge is 0.462 e. The lowest BCUT2D eigenvalue weighted by molar-refractivity contribution is -0.151. The molecule has 0 radical (unpaired) electrons. The molecule has 1 amide bonds. The van der Waals surface area contributed by atoms with E-state index >= 15 is 0 Å². The Morgan fingerprint density at radius 3 is 1.44 bits per heavy atom. The molecule has 0 aromatic heterocycles. The number of aliphatic hydroxyl groups excluding tert-OH is 2. The average molecular weight is 894 g/mol. The first-order valence-corrected chi connectivity index (χ1v) is 27.2. The van der Waals surface area contributed by atoms with Gasteiger partial charge in [0.25, 0.3) is 0 Å². The molecular formula is C58H103NO5. The predicted octanol–water partition coefficient (Wildman–Crippen LogP) is 16.6. The highest BCUT2D eigenvalue weighted by atomic mass is 16.5. The lowest BCUT2D eigenvalue weighted by Gasteiger charge is -2.24. The number of amides is 1. The van der Waals surface area contributed by atoms with Crippen LogP contribution < -0.4 is 5.32 Å². The molecule has 0 aromatic rings. The van der Waals surface area contributed by atoms with E-state index in [4.69, 9.17) is 4.74 Å². The van der Waals surface area contributed by atoms with Gasteiger partial charge in [0.2, 0.25) is 5.91 Å². The SMILES string of the molecule is CC/C=C/C=C/C=C\C=C/CCCCCC(=O)OC(CCCCCCC/C=C\C/C=C\CCCCC)CC(=O)NC(CO)C(O)CCCCCCCCCCCCCCCCCCC. The number of unbranched alkanes of at least 4 members (excludes halogenated alkanes) is 27. The molecule has 0 aliphatic carbocycles. The van der Waals surface area contributed by atoms with Gasteiger partial charge in [0.05, 0.1) is 25.2 Å². The van der Waals surface area contributed by atoms with Crippen molar-refractivity contribution in [3.63, 3.8) is 0 Å². The summed E-state index contributed by atoms with van der Waals surface area (Å²) in [7, 11) is 0. The van der Waals surface area contributed by atoms with Crippen LogP contribution in [0.25, 0.3) is 0 Å². The number of esters is 1. The number of hydrogen-bond donors (Lipinski definition) is 3. The van der Waals surface area contributed by atoms with Crippen molar-refractivity contribution in [3.8, 4) is 0 Å². The van der Waals surface area contributed by atoms with Gasteiger partial charge in [-0.2, -0.15) is 0 Å². The van der Waals surface area contributed by atoms with E-state index < -0.39 is 18.2 Å². The molecule has 6 heteroatoms. The predicted molar refractivity (Wildman–Crippen MR) is 278 cm³/mol. The number of hydrogen-bond acceptors (Lipinski definition) is 5. The Hall–Kier alpha value is -2.70. The maximum Gasteiger partial charge on any atom is 0.306 e. The van der Waals surface area contributed by atoms with Crippen molar-refractivity contribution in [2.45, 2.75) is 277 Å². The van der Waals surface area contributed by atoms with Crippen LogP contribution in [-0.2, 0) is 14.3 Å². The lowest BCUT2D eigenvalue weighted by Crippen LogP contribution is -2.46. The monoisotopic (exact) mass is 894 g/mol. The van der Waals surface area contributed by atoms with Gasteiger partial charge in [0, 0.05) is 6.42 Å². The van der Waals surface area contributed by atoms with Crippen molar-refractivity contribution >= 4 is 11.9 Å². The van der Waals surface area contributed by atoms with Crippen LogP contribution in [0.2, 0.25) is 0 Å². The Labute approximate surface area is 396 Å². The molecule has 0 bridgehead atoms. The topological polar surface area (TPSA) is 95.9 Å². The van der Waals surface area contributed by atoms with Crippen LogP contribution in [0.15, 0.2) is 72.9 Å². The van der Waals surface area contributed by atoms with Gasteiger partial charge in [-0.05, 0) is 77.0 Å². The quantitative estimate of drug-likeness (QED) is 0.0245. The van der Waals surface area contributed by atoms with Gasteiger partial charge in [0.15, 0.2) is 0 Å². The molecule has 0 aliphatic heterocycles. The van der Waals surface area contributed by atoms with Gasteiger partial charge in [-0.3, -0.25) is 9.59 Å². The molecule has 6 nitrogen and oxygen atoms in total. The molecular weight excluding hydrogens is 791 g/mol. The second-order valence-electron chi connectivity index (χ2n) is 18.3. The van der Waals surface area contributed by atoms with Gasteiger partial charge in [-0.1, -0.05) is 241 Å². The number of ether oxygens (including phenoxy) is 1. The fourth-order valence-electron chi connectivity index (χ4n) is 8.00. The standard InChI is InChI=1S/C58H103NO5/c1-4-7-10-13-16-19-22-25-27-28-30-33-35-38-41-44-47-50-56(61)55(53-60)59-57(62)52-54(49-46-43-40-37-34-32-29-26-23-20-17-14-11-8-5-2)64-58(63)51-48-45-42-39-36-31-24-21-18-15-12-9-6-3/h9,12,15,17-18,20-21,24,26,29,31,36,54-56,60-61H,4-8,10-11,13-14,16,19,22-23,25,27-28,30,32-35,37-53H2,1-3H3,(H,59,62)/b12-9+,18-15+,20-17-,24-21-,29-26-,36-31-. The molecule has 0 fully saturated rings. The zero-order valence-electron chi connectivity index (χ0n) is 42.1. The fraction of sp³-hybridized carbons (Fsp3) is 0.759. The minimum absolute atomic E-state index is 0.0499. The van der Waals surface area contributed by atoms with Crippen LogP contribution in [0.5, 0.6) is 0 Å². The van der Waals surface area contributed by atoms with Crippen molar-refractivity contribution in [2.75, 3.05) is 6.61 Å². The Bertz CT molecular complexity index is 1190. The number of rotatable bonds is 48. The maximum atomic E-state index is 13.2. The first-order chi connectivity index (χ1) is 31.5. The summed E-state index contributed by atoms with van der Waals surface area (Å²) in [5.41, 5.74) is 0. The third-order valence-electron chi connectivity index (χ3n) is 12.1. The lowest BCUT2D eigenvalue weighted by atomic mass is 10.0. The highest BCUT2D eigenvalue weighted by Crippen LogP contribution is 2.18. The minimum Gasteiger partial charge on any atom is -0.462 e. The van der Waals surface area contributed by atoms with Crippen LogP contribution in [-0.4, -0.2) is 46.9 Å². The van der Waals surface area contributed by atoms with Crippen LogP contribution in [0.1, 0.15) is 258 Å². The Kier molecular flexibility index (Phi) is 49.1. The molecule has 370 valence electrons. The first kappa shape index (κ1) is 61.3. The third-order valence-corrected chi connectivity index (χ3v) is 12.1. The van der Waals surface area contributed by atoms with Crippen molar-refractivity contribution in [3.05, 3.63) is 72.9 Å². The molecule has 0 spiro atoms. The number of carbonyl (C=O) groups excluding carboxylic acids is 2. The summed E-state index contributed by atoms with van der Waals surface area (Å²) < 4.78 is 5.92. The summed E-state index contributed by atoms with van der Waals surface area (Å²) in [5.74, 6) is -0.532. The van der Waals surface area contributed by atoms with E-state index in [0.29, 0.717) is 19.3 Å². The smallest absolute Gasteiger partial charge is 0.306 e. The normalized spacial score (nSPS) is 13.8. The van der Waals surface area contributed by atoms with Gasteiger partial charge >= 0.3 is 5.97 Å². The fourth-order valence-corrected chi connectivity index (χ4v) is 8.00. The zero-order chi connectivity index (χ0) is 46.7. The highest BCUT2D eigenvalue weighted by Gasteiger charge is 2.24. The van der Waals surface area contributed by atoms with Crippen molar-refractivity contribution < 1.29 is 24.5 Å². The van der Waals surface area contributed by atoms with E-state index in [1.165, 1.54) is 122 Å². The highest BCUT2D eigenvalue weighted by molar-refractivity contribution is 5.77. The Morgan fingerprint density at radius 2 is 0.906 bits per heavy atom. The van der Waals surface area contributed by atoms with Crippen LogP contribution in [0, 0.1) is 0 Å². The molecule has 0 aromatic carbocycles. The number of aliphatic hydroxyl groups is 2. The average Bonchev–Trinajstić information content (AvgIpc) is 3.29. The molecule has 3 N–H and O–H groups in total. The van der Waals surface area contributed by atoms with E-state index in [9.17, 15) is 19.8 Å². The molecule has 3 atom stereocenters. The van der Waals surface area contributed by atoms with Gasteiger partial charge in [0.1, 0.15) is 6.10 Å². The van der Waals surface area contributed by atoms with E-state index in [-0.39, 0.29) is 24.9 Å². The second-order valence-corrected chi connectivity index (χ2v) is 18.3.